The minimum atomic E-state index is -0.0654. The highest BCUT2D eigenvalue weighted by molar-refractivity contribution is 5.90. The summed E-state index contributed by atoms with van der Waals surface area (Å²) < 4.78 is 0. The molecule has 16 heavy (non-hydrogen) atoms. The van der Waals surface area contributed by atoms with Crippen molar-refractivity contribution in [1.29, 1.82) is 0 Å². The zero-order valence-electron chi connectivity index (χ0n) is 9.05. The number of aliphatic imine (C=N–C) groups is 1. The third-order valence-electron chi connectivity index (χ3n) is 2.20. The summed E-state index contributed by atoms with van der Waals surface area (Å²) in [6.45, 7) is 2.30. The quantitative estimate of drug-likeness (QED) is 0.820. The molecule has 1 aromatic rings. The fraction of sp³-hybridized carbons (Fsp3) is 0.167. The highest BCUT2D eigenvalue weighted by atomic mass is 16.1. The van der Waals surface area contributed by atoms with Crippen molar-refractivity contribution in [3.63, 3.8) is 0 Å². The van der Waals surface area contributed by atoms with Crippen LogP contribution in [0.1, 0.15) is 6.92 Å². The number of hydrogen-bond acceptors (Lipinski definition) is 3. The van der Waals surface area contributed by atoms with E-state index in [1.807, 2.05) is 35.2 Å². The molecule has 1 amide bonds. The Morgan fingerprint density at radius 3 is 3.06 bits per heavy atom. The molecular formula is C12H13N3O. The van der Waals surface area contributed by atoms with Gasteiger partial charge in [0.05, 0.1) is 6.34 Å². The zero-order chi connectivity index (χ0) is 11.4. The molecule has 0 unspecified atom stereocenters. The summed E-state index contributed by atoms with van der Waals surface area (Å²) in [6, 6.07) is 7.68. The predicted molar refractivity (Wildman–Crippen MR) is 65.7 cm³/mol. The number of amides is 1. The van der Waals surface area contributed by atoms with Crippen LogP contribution >= 0.6 is 0 Å². The van der Waals surface area contributed by atoms with Crippen molar-refractivity contribution in [3.05, 3.63) is 36.5 Å². The first-order chi connectivity index (χ1) is 7.75. The van der Waals surface area contributed by atoms with Crippen LogP contribution in [0.5, 0.6) is 0 Å². The highest BCUT2D eigenvalue weighted by Crippen LogP contribution is 2.19. The number of hydrogen-bond donors (Lipinski definition) is 1. The van der Waals surface area contributed by atoms with E-state index >= 15 is 0 Å². The van der Waals surface area contributed by atoms with Crippen LogP contribution in [0.3, 0.4) is 0 Å². The summed E-state index contributed by atoms with van der Waals surface area (Å²) >= 11 is 0. The maximum absolute atomic E-state index is 10.9. The molecule has 0 bridgehead atoms. The molecule has 0 saturated carbocycles. The molecule has 0 fully saturated rings. The second-order valence-corrected chi connectivity index (χ2v) is 3.53. The van der Waals surface area contributed by atoms with E-state index in [0.29, 0.717) is 0 Å². The summed E-state index contributed by atoms with van der Waals surface area (Å²) in [5, 5.41) is 2.76. The van der Waals surface area contributed by atoms with E-state index in [4.69, 9.17) is 0 Å². The molecule has 82 valence electrons. The van der Waals surface area contributed by atoms with Crippen LogP contribution in [-0.2, 0) is 4.79 Å². The molecule has 4 nitrogen and oxygen atoms in total. The maximum atomic E-state index is 10.9. The van der Waals surface area contributed by atoms with Gasteiger partial charge in [0.15, 0.2) is 0 Å². The second kappa shape index (κ2) is 4.61. The van der Waals surface area contributed by atoms with Gasteiger partial charge in [0, 0.05) is 31.0 Å². The van der Waals surface area contributed by atoms with Crippen molar-refractivity contribution < 1.29 is 4.79 Å². The lowest BCUT2D eigenvalue weighted by Gasteiger charge is -2.20. The van der Waals surface area contributed by atoms with Gasteiger partial charge in [0.25, 0.3) is 0 Å². The Morgan fingerprint density at radius 2 is 2.38 bits per heavy atom. The molecule has 1 aliphatic rings. The molecule has 0 radical (unpaired) electrons. The van der Waals surface area contributed by atoms with Gasteiger partial charge in [0.2, 0.25) is 5.91 Å². The van der Waals surface area contributed by atoms with Crippen LogP contribution in [0.2, 0.25) is 0 Å². The van der Waals surface area contributed by atoms with Crippen molar-refractivity contribution in [2.45, 2.75) is 6.92 Å². The van der Waals surface area contributed by atoms with Gasteiger partial charge in [-0.25, -0.2) is 4.99 Å². The van der Waals surface area contributed by atoms with Crippen LogP contribution in [-0.4, -0.2) is 18.8 Å². The van der Waals surface area contributed by atoms with Crippen molar-refractivity contribution in [2.24, 2.45) is 4.99 Å². The van der Waals surface area contributed by atoms with E-state index in [9.17, 15) is 4.79 Å². The van der Waals surface area contributed by atoms with E-state index in [0.717, 1.165) is 17.9 Å². The van der Waals surface area contributed by atoms with E-state index in [1.54, 1.807) is 12.5 Å². The Balaban J connectivity index is 2.18. The standard InChI is InChI=1S/C12H13N3O/c1-10(16)14-11-4-2-5-12(8-11)15-7-3-6-13-9-15/h2-6,8-9H,7H2,1H3,(H,14,16). The largest absolute Gasteiger partial charge is 0.328 e. The van der Waals surface area contributed by atoms with Crippen LogP contribution in [0.4, 0.5) is 11.4 Å². The third kappa shape index (κ3) is 2.48. The van der Waals surface area contributed by atoms with E-state index in [2.05, 4.69) is 10.3 Å². The fourth-order valence-electron chi connectivity index (χ4n) is 1.53. The maximum Gasteiger partial charge on any atom is 0.221 e. The predicted octanol–water partition coefficient (Wildman–Crippen LogP) is 2.01. The molecule has 1 N–H and O–H groups in total. The van der Waals surface area contributed by atoms with Crippen molar-refractivity contribution in [2.75, 3.05) is 16.8 Å². The van der Waals surface area contributed by atoms with Crippen LogP contribution in [0, 0.1) is 0 Å². The summed E-state index contributed by atoms with van der Waals surface area (Å²) in [5.41, 5.74) is 1.81. The molecule has 1 aromatic carbocycles. The van der Waals surface area contributed by atoms with Gasteiger partial charge in [-0.05, 0) is 24.3 Å². The van der Waals surface area contributed by atoms with Gasteiger partial charge in [-0.15, -0.1) is 0 Å². The molecule has 0 saturated heterocycles. The number of carbonyl (C=O) groups excluding carboxylic acids is 1. The lowest BCUT2D eigenvalue weighted by atomic mass is 10.2. The minimum absolute atomic E-state index is 0.0654. The molecule has 0 atom stereocenters. The van der Waals surface area contributed by atoms with Gasteiger partial charge in [0.1, 0.15) is 0 Å². The van der Waals surface area contributed by atoms with E-state index in [1.165, 1.54) is 6.92 Å². The van der Waals surface area contributed by atoms with Gasteiger partial charge < -0.3 is 10.2 Å². The number of rotatable bonds is 2. The average molecular weight is 215 g/mol. The van der Waals surface area contributed by atoms with Crippen molar-refractivity contribution in [3.8, 4) is 0 Å². The number of nitrogens with one attached hydrogen (secondary N) is 1. The first kappa shape index (κ1) is 10.4. The molecule has 1 heterocycles. The summed E-state index contributed by atoms with van der Waals surface area (Å²) in [6.07, 6.45) is 5.52. The first-order valence-corrected chi connectivity index (χ1v) is 5.08. The molecule has 0 aliphatic carbocycles. The molecular weight excluding hydrogens is 202 g/mol. The lowest BCUT2D eigenvalue weighted by molar-refractivity contribution is -0.114. The van der Waals surface area contributed by atoms with Crippen LogP contribution in [0.15, 0.2) is 41.5 Å². The van der Waals surface area contributed by atoms with Crippen LogP contribution in [0.25, 0.3) is 0 Å². The normalized spacial score (nSPS) is 13.9. The first-order valence-electron chi connectivity index (χ1n) is 5.08. The van der Waals surface area contributed by atoms with E-state index < -0.39 is 0 Å². The number of anilines is 2. The highest BCUT2D eigenvalue weighted by Gasteiger charge is 2.05. The molecule has 0 spiro atoms. The van der Waals surface area contributed by atoms with Gasteiger partial charge in [-0.2, -0.15) is 0 Å². The van der Waals surface area contributed by atoms with Gasteiger partial charge in [-0.1, -0.05) is 6.07 Å². The lowest BCUT2D eigenvalue weighted by Crippen LogP contribution is -2.22. The second-order valence-electron chi connectivity index (χ2n) is 3.53. The molecule has 1 aliphatic heterocycles. The molecule has 0 aromatic heterocycles. The van der Waals surface area contributed by atoms with Crippen molar-refractivity contribution in [1.82, 2.24) is 0 Å². The Bertz CT molecular complexity index is 451. The van der Waals surface area contributed by atoms with Crippen LogP contribution < -0.4 is 10.2 Å². The van der Waals surface area contributed by atoms with Gasteiger partial charge >= 0.3 is 0 Å². The molecule has 4 heteroatoms. The van der Waals surface area contributed by atoms with Gasteiger partial charge in [-0.3, -0.25) is 4.79 Å². The van der Waals surface area contributed by atoms with Crippen molar-refractivity contribution >= 4 is 23.6 Å². The summed E-state index contributed by atoms with van der Waals surface area (Å²) in [7, 11) is 0. The average Bonchev–Trinajstić information content (AvgIpc) is 2.30. The molecule has 2 rings (SSSR count). The Hall–Kier alpha value is -2.10. The third-order valence-corrected chi connectivity index (χ3v) is 2.20. The minimum Gasteiger partial charge on any atom is -0.328 e. The Kier molecular flexibility index (Phi) is 3.00. The fourth-order valence-corrected chi connectivity index (χ4v) is 1.53. The number of benzene rings is 1. The smallest absolute Gasteiger partial charge is 0.221 e. The monoisotopic (exact) mass is 215 g/mol. The number of carbonyl (C=O) groups is 1. The SMILES string of the molecule is CC(=O)Nc1cccc(N2C=NC=CC2)c1. The summed E-state index contributed by atoms with van der Waals surface area (Å²) in [5.74, 6) is -0.0654. The Morgan fingerprint density at radius 1 is 1.50 bits per heavy atom. The summed E-state index contributed by atoms with van der Waals surface area (Å²) in [4.78, 5) is 17.0. The van der Waals surface area contributed by atoms with E-state index in [-0.39, 0.29) is 5.91 Å². The topological polar surface area (TPSA) is 44.7 Å². The Labute approximate surface area is 94.3 Å². The number of nitrogens with zero attached hydrogens (tertiary/aromatic N) is 2. The zero-order valence-corrected chi connectivity index (χ0v) is 9.05.